The monoisotopic (exact) mass is 659 g/mol. The van der Waals surface area contributed by atoms with Crippen molar-refractivity contribution in [3.05, 3.63) is 85.1 Å². The number of aliphatic hydroxyl groups is 5. The van der Waals surface area contributed by atoms with Crippen LogP contribution in [0.25, 0.3) is 0 Å². The molecule has 0 aromatic carbocycles. The van der Waals surface area contributed by atoms with Crippen LogP contribution in [0.3, 0.4) is 0 Å². The van der Waals surface area contributed by atoms with Crippen LogP contribution in [-0.4, -0.2) is 87.5 Å². The van der Waals surface area contributed by atoms with Crippen molar-refractivity contribution in [2.75, 3.05) is 13.2 Å². The van der Waals surface area contributed by atoms with Gasteiger partial charge in [-0.2, -0.15) is 0 Å². The van der Waals surface area contributed by atoms with E-state index >= 15 is 0 Å². The van der Waals surface area contributed by atoms with Crippen molar-refractivity contribution in [2.45, 2.75) is 134 Å². The summed E-state index contributed by atoms with van der Waals surface area (Å²) in [6, 6.07) is -0.851. The highest BCUT2D eigenvalue weighted by Gasteiger charge is 2.44. The summed E-state index contributed by atoms with van der Waals surface area (Å²) in [5.74, 6) is -0.255. The molecule has 0 radical (unpaired) electrons. The van der Waals surface area contributed by atoms with Gasteiger partial charge < -0.3 is 40.3 Å². The first-order valence-electron chi connectivity index (χ1n) is 17.3. The smallest absolute Gasteiger partial charge is 0.220 e. The van der Waals surface area contributed by atoms with Gasteiger partial charge in [0.05, 0.1) is 25.4 Å². The highest BCUT2D eigenvalue weighted by molar-refractivity contribution is 5.76. The predicted molar refractivity (Wildman–Crippen MR) is 188 cm³/mol. The average Bonchev–Trinajstić information content (AvgIpc) is 3.07. The number of allylic oxidation sites excluding steroid dienone is 13. The van der Waals surface area contributed by atoms with Crippen LogP contribution < -0.4 is 5.32 Å². The highest BCUT2D eigenvalue weighted by Crippen LogP contribution is 2.22. The van der Waals surface area contributed by atoms with E-state index in [0.717, 1.165) is 64.2 Å². The number of carbonyl (C=O) groups excluding carboxylic acids is 1. The normalized spacial score (nSPS) is 23.9. The van der Waals surface area contributed by atoms with Gasteiger partial charge in [0.25, 0.3) is 0 Å². The van der Waals surface area contributed by atoms with E-state index in [4.69, 9.17) is 9.47 Å². The number of carbonyl (C=O) groups is 1. The van der Waals surface area contributed by atoms with E-state index in [-0.39, 0.29) is 18.9 Å². The largest absolute Gasteiger partial charge is 0.394 e. The Labute approximate surface area is 282 Å². The molecule has 1 aliphatic rings. The number of nitrogens with one attached hydrogen (secondary N) is 1. The van der Waals surface area contributed by atoms with Gasteiger partial charge in [0.1, 0.15) is 24.4 Å². The molecule has 7 atom stereocenters. The molecule has 0 bridgehead atoms. The third-order valence-corrected chi connectivity index (χ3v) is 7.43. The molecule has 9 nitrogen and oxygen atoms in total. The maximum atomic E-state index is 12.8. The SMILES string of the molecule is CC/C=C\C/C=C\C/C=C\C/C=C\C/C=C\CCCC(=O)NC(COC1OC(CO)C(O)C(O)C1O)C(O)/C=C/CC/C=C/CCC. The third-order valence-electron chi connectivity index (χ3n) is 7.43. The van der Waals surface area contributed by atoms with Gasteiger partial charge in [-0.15, -0.1) is 0 Å². The summed E-state index contributed by atoms with van der Waals surface area (Å²) in [5.41, 5.74) is 0. The van der Waals surface area contributed by atoms with Gasteiger partial charge >= 0.3 is 0 Å². The number of ether oxygens (including phenoxy) is 2. The van der Waals surface area contributed by atoms with Crippen molar-refractivity contribution in [1.29, 1.82) is 0 Å². The molecule has 0 spiro atoms. The molecule has 9 heteroatoms. The van der Waals surface area contributed by atoms with Gasteiger partial charge in [-0.05, 0) is 64.2 Å². The molecule has 0 aromatic rings. The van der Waals surface area contributed by atoms with Crippen LogP contribution in [0.15, 0.2) is 85.1 Å². The molecule has 6 N–H and O–H groups in total. The van der Waals surface area contributed by atoms with Crippen LogP contribution in [0.2, 0.25) is 0 Å². The second-order valence-corrected chi connectivity index (χ2v) is 11.6. The molecule has 0 aliphatic carbocycles. The van der Waals surface area contributed by atoms with E-state index < -0.39 is 49.5 Å². The minimum absolute atomic E-state index is 0.231. The Morgan fingerprint density at radius 1 is 0.745 bits per heavy atom. The van der Waals surface area contributed by atoms with Crippen LogP contribution in [0, 0.1) is 0 Å². The molecule has 1 saturated heterocycles. The fraction of sp³-hybridized carbons (Fsp3) is 0.605. The quantitative estimate of drug-likeness (QED) is 0.0574. The standard InChI is InChI=1S/C38H61NO8/c1-3-5-7-9-11-12-13-14-15-16-17-18-19-20-22-24-26-28-34(42)39-31(32(41)27-25-23-21-10-8-6-4-2)30-46-38-37(45)36(44)35(43)33(29-40)47-38/h5,7-8,10-12,14-15,17-18,20,22,25,27,31-33,35-38,40-41,43-45H,3-4,6,9,13,16,19,21,23-24,26,28-30H2,1-2H3,(H,39,42)/b7-5-,10-8+,12-11-,15-14-,18-17-,22-20-,27-25+. The first-order valence-corrected chi connectivity index (χ1v) is 17.3. The Balaban J connectivity index is 2.51. The van der Waals surface area contributed by atoms with Gasteiger partial charge in [0.15, 0.2) is 6.29 Å². The molecule has 7 unspecified atom stereocenters. The summed E-state index contributed by atoms with van der Waals surface area (Å²) in [6.07, 6.45) is 30.9. The van der Waals surface area contributed by atoms with E-state index in [9.17, 15) is 30.3 Å². The van der Waals surface area contributed by atoms with Crippen molar-refractivity contribution >= 4 is 5.91 Å². The molecule has 0 saturated carbocycles. The van der Waals surface area contributed by atoms with Gasteiger partial charge in [0.2, 0.25) is 5.91 Å². The molecule has 1 fully saturated rings. The van der Waals surface area contributed by atoms with E-state index in [0.29, 0.717) is 6.42 Å². The number of aliphatic hydroxyl groups excluding tert-OH is 5. The molecule has 1 aliphatic heterocycles. The molecular formula is C38H61NO8. The lowest BCUT2D eigenvalue weighted by Crippen LogP contribution is -2.60. The van der Waals surface area contributed by atoms with E-state index in [1.165, 1.54) is 0 Å². The lowest BCUT2D eigenvalue weighted by molar-refractivity contribution is -0.302. The topological polar surface area (TPSA) is 149 Å². The first kappa shape index (κ1) is 42.4. The zero-order valence-electron chi connectivity index (χ0n) is 28.5. The summed E-state index contributed by atoms with van der Waals surface area (Å²) < 4.78 is 11.0. The Kier molecular flexibility index (Phi) is 25.6. The van der Waals surface area contributed by atoms with Gasteiger partial charge in [0, 0.05) is 6.42 Å². The summed E-state index contributed by atoms with van der Waals surface area (Å²) in [4.78, 5) is 12.8. The summed E-state index contributed by atoms with van der Waals surface area (Å²) in [6.45, 7) is 3.44. The molecule has 1 heterocycles. The lowest BCUT2D eigenvalue weighted by atomic mass is 9.99. The second kappa shape index (κ2) is 28.4. The number of hydrogen-bond acceptors (Lipinski definition) is 8. The van der Waals surface area contributed by atoms with Crippen molar-refractivity contribution < 1.29 is 39.8 Å². The number of unbranched alkanes of at least 4 members (excludes halogenated alkanes) is 3. The number of rotatable bonds is 25. The fourth-order valence-electron chi connectivity index (χ4n) is 4.62. The molecule has 1 rings (SSSR count). The van der Waals surface area contributed by atoms with Crippen LogP contribution in [0.4, 0.5) is 0 Å². The van der Waals surface area contributed by atoms with Crippen molar-refractivity contribution in [1.82, 2.24) is 5.32 Å². The van der Waals surface area contributed by atoms with E-state index in [2.05, 4.69) is 92.1 Å². The van der Waals surface area contributed by atoms with E-state index in [1.54, 1.807) is 6.08 Å². The van der Waals surface area contributed by atoms with E-state index in [1.807, 2.05) is 6.08 Å². The Bertz CT molecular complexity index is 1000. The zero-order chi connectivity index (χ0) is 34.5. The minimum Gasteiger partial charge on any atom is -0.394 e. The molecule has 1 amide bonds. The zero-order valence-corrected chi connectivity index (χ0v) is 28.5. The minimum atomic E-state index is -1.58. The van der Waals surface area contributed by atoms with Gasteiger partial charge in [-0.1, -0.05) is 105 Å². The lowest BCUT2D eigenvalue weighted by Gasteiger charge is -2.40. The summed E-state index contributed by atoms with van der Waals surface area (Å²) in [7, 11) is 0. The molecular weight excluding hydrogens is 598 g/mol. The maximum Gasteiger partial charge on any atom is 0.220 e. The van der Waals surface area contributed by atoms with Crippen molar-refractivity contribution in [2.24, 2.45) is 0 Å². The molecule has 0 aromatic heterocycles. The second-order valence-electron chi connectivity index (χ2n) is 11.6. The number of hydrogen-bond donors (Lipinski definition) is 6. The van der Waals surface area contributed by atoms with Crippen molar-refractivity contribution in [3.8, 4) is 0 Å². The predicted octanol–water partition coefficient (Wildman–Crippen LogP) is 5.26. The van der Waals surface area contributed by atoms with Crippen LogP contribution in [-0.2, 0) is 14.3 Å². The van der Waals surface area contributed by atoms with Gasteiger partial charge in [-0.25, -0.2) is 0 Å². The summed E-state index contributed by atoms with van der Waals surface area (Å²) >= 11 is 0. The number of amides is 1. The Hall–Kier alpha value is -2.63. The fourth-order valence-corrected chi connectivity index (χ4v) is 4.62. The maximum absolute atomic E-state index is 12.8. The van der Waals surface area contributed by atoms with Crippen LogP contribution in [0.5, 0.6) is 0 Å². The highest BCUT2D eigenvalue weighted by atomic mass is 16.7. The molecule has 47 heavy (non-hydrogen) atoms. The third kappa shape index (κ3) is 20.4. The Morgan fingerprint density at radius 3 is 1.89 bits per heavy atom. The average molecular weight is 660 g/mol. The Morgan fingerprint density at radius 2 is 1.30 bits per heavy atom. The van der Waals surface area contributed by atoms with Crippen LogP contribution >= 0.6 is 0 Å². The van der Waals surface area contributed by atoms with Crippen LogP contribution in [0.1, 0.15) is 90.9 Å². The van der Waals surface area contributed by atoms with Crippen molar-refractivity contribution in [3.63, 3.8) is 0 Å². The molecule has 266 valence electrons. The van der Waals surface area contributed by atoms with Gasteiger partial charge in [-0.3, -0.25) is 4.79 Å². The summed E-state index contributed by atoms with van der Waals surface area (Å²) in [5, 5.41) is 53.5. The first-order chi connectivity index (χ1) is 22.8.